The summed E-state index contributed by atoms with van der Waals surface area (Å²) in [6.45, 7) is 0. The maximum Gasteiger partial charge on any atom is 0.252 e. The van der Waals surface area contributed by atoms with Gasteiger partial charge in [0.05, 0.1) is 0 Å². The van der Waals surface area contributed by atoms with E-state index in [0.29, 0.717) is 18.1 Å². The van der Waals surface area contributed by atoms with E-state index >= 15 is 0 Å². The summed E-state index contributed by atoms with van der Waals surface area (Å²) in [7, 11) is 0. The average molecular weight is 269 g/mol. The normalized spacial score (nSPS) is 28.7. The highest BCUT2D eigenvalue weighted by molar-refractivity contribution is 6.06. The number of amides is 1. The Morgan fingerprint density at radius 2 is 1.95 bits per heavy atom. The van der Waals surface area contributed by atoms with Crippen molar-refractivity contribution in [1.29, 1.82) is 0 Å². The summed E-state index contributed by atoms with van der Waals surface area (Å²) < 4.78 is 0. The van der Waals surface area contributed by atoms with Crippen molar-refractivity contribution in [3.05, 3.63) is 36.0 Å². The SMILES string of the molecule is O=C(NC1CC2CCC(C1)N2)c1cccc2[nH]ccc12. The Kier molecular flexibility index (Phi) is 2.77. The first-order chi connectivity index (χ1) is 9.79. The molecule has 1 aromatic heterocycles. The number of hydrogen-bond donors (Lipinski definition) is 3. The lowest BCUT2D eigenvalue weighted by Gasteiger charge is -2.29. The Balaban J connectivity index is 1.54. The van der Waals surface area contributed by atoms with Crippen LogP contribution in [0, 0.1) is 0 Å². The molecule has 0 saturated carbocycles. The molecule has 2 fully saturated rings. The molecule has 2 aliphatic heterocycles. The van der Waals surface area contributed by atoms with Crippen LogP contribution in [0.2, 0.25) is 0 Å². The predicted molar refractivity (Wildman–Crippen MR) is 78.7 cm³/mol. The minimum atomic E-state index is 0.0569. The molecule has 2 bridgehead atoms. The first-order valence-corrected chi connectivity index (χ1v) is 7.42. The second kappa shape index (κ2) is 4.63. The van der Waals surface area contributed by atoms with E-state index in [1.165, 1.54) is 12.8 Å². The topological polar surface area (TPSA) is 56.9 Å². The van der Waals surface area contributed by atoms with Gasteiger partial charge in [-0.2, -0.15) is 0 Å². The highest BCUT2D eigenvalue weighted by atomic mass is 16.1. The number of aromatic nitrogens is 1. The number of piperidine rings is 1. The monoisotopic (exact) mass is 269 g/mol. The maximum atomic E-state index is 12.5. The van der Waals surface area contributed by atoms with Gasteiger partial charge in [0.25, 0.3) is 5.91 Å². The summed E-state index contributed by atoms with van der Waals surface area (Å²) in [4.78, 5) is 15.7. The molecule has 1 aromatic carbocycles. The van der Waals surface area contributed by atoms with Crippen molar-refractivity contribution >= 4 is 16.8 Å². The van der Waals surface area contributed by atoms with Gasteiger partial charge in [0.2, 0.25) is 0 Å². The molecule has 2 aromatic rings. The van der Waals surface area contributed by atoms with E-state index < -0.39 is 0 Å². The van der Waals surface area contributed by atoms with Crippen LogP contribution in [0.4, 0.5) is 0 Å². The van der Waals surface area contributed by atoms with Gasteiger partial charge in [-0.1, -0.05) is 6.07 Å². The molecular formula is C16H19N3O. The van der Waals surface area contributed by atoms with Crippen molar-refractivity contribution in [2.24, 2.45) is 0 Å². The zero-order valence-corrected chi connectivity index (χ0v) is 11.4. The largest absolute Gasteiger partial charge is 0.361 e. The van der Waals surface area contributed by atoms with Crippen LogP contribution in [0.25, 0.3) is 10.9 Å². The first kappa shape index (κ1) is 12.0. The lowest BCUT2D eigenvalue weighted by Crippen LogP contribution is -2.48. The van der Waals surface area contributed by atoms with Crippen molar-refractivity contribution in [3.63, 3.8) is 0 Å². The van der Waals surface area contributed by atoms with Crippen molar-refractivity contribution in [1.82, 2.24) is 15.6 Å². The summed E-state index contributed by atoms with van der Waals surface area (Å²) >= 11 is 0. The molecule has 2 atom stereocenters. The Labute approximate surface area is 117 Å². The molecule has 2 saturated heterocycles. The fourth-order valence-electron chi connectivity index (χ4n) is 3.72. The van der Waals surface area contributed by atoms with Crippen LogP contribution in [0.5, 0.6) is 0 Å². The smallest absolute Gasteiger partial charge is 0.252 e. The molecule has 0 aliphatic carbocycles. The fraction of sp³-hybridized carbons (Fsp3) is 0.438. The van der Waals surface area contributed by atoms with E-state index in [4.69, 9.17) is 0 Å². The van der Waals surface area contributed by atoms with Gasteiger partial charge in [-0.05, 0) is 43.9 Å². The molecule has 4 rings (SSSR count). The van der Waals surface area contributed by atoms with Crippen LogP contribution in [0.1, 0.15) is 36.0 Å². The van der Waals surface area contributed by atoms with Crippen LogP contribution in [0.3, 0.4) is 0 Å². The van der Waals surface area contributed by atoms with Gasteiger partial charge in [0.1, 0.15) is 0 Å². The van der Waals surface area contributed by atoms with Gasteiger partial charge in [-0.3, -0.25) is 4.79 Å². The number of fused-ring (bicyclic) bond motifs is 3. The summed E-state index contributed by atoms with van der Waals surface area (Å²) in [5.41, 5.74) is 1.79. The van der Waals surface area contributed by atoms with E-state index in [0.717, 1.165) is 29.3 Å². The summed E-state index contributed by atoms with van der Waals surface area (Å²) in [6, 6.07) is 9.31. The highest BCUT2D eigenvalue weighted by Crippen LogP contribution is 2.27. The molecule has 4 nitrogen and oxygen atoms in total. The number of carbonyl (C=O) groups is 1. The molecule has 3 N–H and O–H groups in total. The molecule has 0 spiro atoms. The molecule has 2 unspecified atom stereocenters. The number of aromatic amines is 1. The number of carbonyl (C=O) groups excluding carboxylic acids is 1. The van der Waals surface area contributed by atoms with Crippen LogP contribution < -0.4 is 10.6 Å². The van der Waals surface area contributed by atoms with Gasteiger partial charge >= 0.3 is 0 Å². The summed E-state index contributed by atoms with van der Waals surface area (Å²) in [5.74, 6) is 0.0569. The van der Waals surface area contributed by atoms with E-state index in [2.05, 4.69) is 15.6 Å². The van der Waals surface area contributed by atoms with E-state index in [1.807, 2.05) is 30.5 Å². The number of hydrogen-bond acceptors (Lipinski definition) is 2. The van der Waals surface area contributed by atoms with Gasteiger partial charge < -0.3 is 15.6 Å². The Morgan fingerprint density at radius 1 is 1.15 bits per heavy atom. The molecule has 20 heavy (non-hydrogen) atoms. The summed E-state index contributed by atoms with van der Waals surface area (Å²) in [6.07, 6.45) is 6.51. The third kappa shape index (κ3) is 2.00. The minimum absolute atomic E-state index is 0.0569. The zero-order valence-electron chi connectivity index (χ0n) is 11.4. The standard InChI is InChI=1S/C16H19N3O/c20-16(14-2-1-3-15-13(14)6-7-17-15)19-12-8-10-4-5-11(9-12)18-10/h1-3,6-7,10-12,17-18H,4-5,8-9H2,(H,19,20). The van der Waals surface area contributed by atoms with Crippen LogP contribution >= 0.6 is 0 Å². The summed E-state index contributed by atoms with van der Waals surface area (Å²) in [5, 5.41) is 7.83. The minimum Gasteiger partial charge on any atom is -0.361 e. The quantitative estimate of drug-likeness (QED) is 0.782. The van der Waals surface area contributed by atoms with E-state index in [-0.39, 0.29) is 5.91 Å². The second-order valence-electron chi connectivity index (χ2n) is 6.02. The number of nitrogens with one attached hydrogen (secondary N) is 3. The predicted octanol–water partition coefficient (Wildman–Crippen LogP) is 2.18. The Morgan fingerprint density at radius 3 is 2.75 bits per heavy atom. The van der Waals surface area contributed by atoms with E-state index in [1.54, 1.807) is 0 Å². The molecule has 0 radical (unpaired) electrons. The number of benzene rings is 1. The van der Waals surface area contributed by atoms with Gasteiger partial charge in [0.15, 0.2) is 0 Å². The molecule has 1 amide bonds. The average Bonchev–Trinajstić information content (AvgIpc) is 3.04. The van der Waals surface area contributed by atoms with Crippen LogP contribution in [-0.2, 0) is 0 Å². The van der Waals surface area contributed by atoms with Gasteiger partial charge in [-0.25, -0.2) is 0 Å². The number of H-pyrrole nitrogens is 1. The highest BCUT2D eigenvalue weighted by Gasteiger charge is 2.34. The van der Waals surface area contributed by atoms with Crippen molar-refractivity contribution in [2.45, 2.75) is 43.8 Å². The zero-order chi connectivity index (χ0) is 13.5. The molecule has 3 heterocycles. The van der Waals surface area contributed by atoms with Crippen LogP contribution in [-0.4, -0.2) is 29.0 Å². The Bertz CT molecular complexity index is 636. The molecule has 104 valence electrons. The van der Waals surface area contributed by atoms with E-state index in [9.17, 15) is 4.79 Å². The molecule has 2 aliphatic rings. The maximum absolute atomic E-state index is 12.5. The van der Waals surface area contributed by atoms with Crippen molar-refractivity contribution < 1.29 is 4.79 Å². The third-order valence-corrected chi connectivity index (χ3v) is 4.65. The lowest BCUT2D eigenvalue weighted by atomic mass is 9.99. The fourth-order valence-corrected chi connectivity index (χ4v) is 3.72. The third-order valence-electron chi connectivity index (χ3n) is 4.65. The molecular weight excluding hydrogens is 250 g/mol. The number of rotatable bonds is 2. The van der Waals surface area contributed by atoms with Crippen LogP contribution in [0.15, 0.2) is 30.5 Å². The Hall–Kier alpha value is -1.81. The van der Waals surface area contributed by atoms with Gasteiger partial charge in [-0.15, -0.1) is 0 Å². The first-order valence-electron chi connectivity index (χ1n) is 7.42. The second-order valence-corrected chi connectivity index (χ2v) is 6.02. The van der Waals surface area contributed by atoms with Crippen molar-refractivity contribution in [2.75, 3.05) is 0 Å². The lowest BCUT2D eigenvalue weighted by molar-refractivity contribution is 0.0925. The molecule has 4 heteroatoms. The van der Waals surface area contributed by atoms with Crippen molar-refractivity contribution in [3.8, 4) is 0 Å². The van der Waals surface area contributed by atoms with Gasteiger partial charge in [0, 0.05) is 40.8 Å².